The lowest BCUT2D eigenvalue weighted by Crippen LogP contribution is -2.45. The molecular formula is C22H22N2O2. The molecule has 1 aliphatic heterocycles. The second kappa shape index (κ2) is 6.63. The van der Waals surface area contributed by atoms with Crippen LogP contribution >= 0.6 is 0 Å². The molecule has 2 aromatic carbocycles. The molecule has 3 aromatic rings. The third-order valence-corrected chi connectivity index (χ3v) is 5.28. The van der Waals surface area contributed by atoms with Crippen molar-refractivity contribution < 1.29 is 10.2 Å². The van der Waals surface area contributed by atoms with Crippen LogP contribution in [0.1, 0.15) is 12.5 Å². The first-order valence-electron chi connectivity index (χ1n) is 8.93. The summed E-state index contributed by atoms with van der Waals surface area (Å²) >= 11 is 0. The third kappa shape index (κ3) is 2.71. The van der Waals surface area contributed by atoms with Gasteiger partial charge in [-0.3, -0.25) is 4.99 Å². The normalized spacial score (nSPS) is 21.5. The zero-order valence-electron chi connectivity index (χ0n) is 14.7. The number of aliphatic imine (C=N–C) groups is 1. The van der Waals surface area contributed by atoms with E-state index in [1.165, 1.54) is 0 Å². The molecule has 0 bridgehead atoms. The Balaban J connectivity index is 1.92. The summed E-state index contributed by atoms with van der Waals surface area (Å²) in [5, 5.41) is 22.6. The summed E-state index contributed by atoms with van der Waals surface area (Å²) in [5.41, 5.74) is 2.23. The van der Waals surface area contributed by atoms with Gasteiger partial charge < -0.3 is 10.2 Å². The standard InChI is InChI=1S/C22H22N2O2/c1-15(14-25)21(26)22(11-6-12-23-22)13-18-16-7-2-4-9-19(16)24-20-10-5-3-8-17(18)20/h2-12,15,21,25-26H,13-14H2,1H3. The summed E-state index contributed by atoms with van der Waals surface area (Å²) < 4.78 is 0. The van der Waals surface area contributed by atoms with Gasteiger partial charge in [-0.2, -0.15) is 0 Å². The molecule has 0 saturated carbocycles. The monoisotopic (exact) mass is 346 g/mol. The van der Waals surface area contributed by atoms with Crippen molar-refractivity contribution in [3.05, 3.63) is 66.2 Å². The molecule has 2 N–H and O–H groups in total. The first-order chi connectivity index (χ1) is 12.6. The summed E-state index contributed by atoms with van der Waals surface area (Å²) in [6, 6.07) is 16.2. The van der Waals surface area contributed by atoms with E-state index in [0.29, 0.717) is 6.42 Å². The van der Waals surface area contributed by atoms with Gasteiger partial charge in [0, 0.05) is 35.9 Å². The molecule has 26 heavy (non-hydrogen) atoms. The van der Waals surface area contributed by atoms with Crippen molar-refractivity contribution >= 4 is 28.0 Å². The molecule has 132 valence electrons. The number of aromatic nitrogens is 1. The van der Waals surface area contributed by atoms with Crippen molar-refractivity contribution in [2.45, 2.75) is 25.0 Å². The van der Waals surface area contributed by atoms with Crippen LogP contribution in [-0.2, 0) is 6.42 Å². The summed E-state index contributed by atoms with van der Waals surface area (Å²) in [6.45, 7) is 1.76. The quantitative estimate of drug-likeness (QED) is 0.697. The van der Waals surface area contributed by atoms with E-state index < -0.39 is 11.6 Å². The van der Waals surface area contributed by atoms with E-state index in [4.69, 9.17) is 4.98 Å². The third-order valence-electron chi connectivity index (χ3n) is 5.28. The molecule has 1 aliphatic rings. The van der Waals surface area contributed by atoms with Gasteiger partial charge in [-0.1, -0.05) is 49.4 Å². The molecule has 0 amide bonds. The average molecular weight is 346 g/mol. The Hall–Kier alpha value is -2.56. The Morgan fingerprint density at radius 1 is 1.00 bits per heavy atom. The average Bonchev–Trinajstić information content (AvgIpc) is 3.16. The highest BCUT2D eigenvalue weighted by atomic mass is 16.3. The molecule has 1 aromatic heterocycles. The van der Waals surface area contributed by atoms with Gasteiger partial charge in [0.05, 0.1) is 17.1 Å². The van der Waals surface area contributed by atoms with Crippen LogP contribution in [0.25, 0.3) is 21.8 Å². The molecule has 0 aliphatic carbocycles. The van der Waals surface area contributed by atoms with Crippen molar-refractivity contribution in [1.82, 2.24) is 4.98 Å². The van der Waals surface area contributed by atoms with Crippen LogP contribution in [-0.4, -0.2) is 39.7 Å². The minimum atomic E-state index is -0.770. The van der Waals surface area contributed by atoms with Crippen molar-refractivity contribution in [3.63, 3.8) is 0 Å². The smallest absolute Gasteiger partial charge is 0.109 e. The molecule has 2 heterocycles. The lowest BCUT2D eigenvalue weighted by molar-refractivity contribution is 0.0345. The number of hydrogen-bond donors (Lipinski definition) is 2. The zero-order chi connectivity index (χ0) is 18.1. The Kier molecular flexibility index (Phi) is 4.31. The molecule has 0 spiro atoms. The summed E-state index contributed by atoms with van der Waals surface area (Å²) in [5.74, 6) is -0.269. The second-order valence-corrected chi connectivity index (χ2v) is 7.03. The number of hydrogen-bond acceptors (Lipinski definition) is 4. The number of allylic oxidation sites excluding steroid dienone is 1. The molecule has 0 fully saturated rings. The predicted octanol–water partition coefficient (Wildman–Crippen LogP) is 3.30. The first kappa shape index (κ1) is 16.9. The molecule has 0 saturated heterocycles. The number of aliphatic hydroxyl groups excluding tert-OH is 2. The summed E-state index contributed by atoms with van der Waals surface area (Å²) in [6.07, 6.45) is 5.34. The Bertz CT molecular complexity index is 943. The molecule has 4 rings (SSSR count). The van der Waals surface area contributed by atoms with Gasteiger partial charge in [0.15, 0.2) is 0 Å². The highest BCUT2D eigenvalue weighted by molar-refractivity contribution is 5.97. The molecular weight excluding hydrogens is 324 g/mol. The number of pyridine rings is 1. The molecule has 3 atom stereocenters. The number of benzene rings is 2. The maximum atomic E-state index is 10.9. The van der Waals surface area contributed by atoms with Crippen LogP contribution in [0.5, 0.6) is 0 Å². The molecule has 4 nitrogen and oxygen atoms in total. The topological polar surface area (TPSA) is 65.7 Å². The Morgan fingerprint density at radius 3 is 2.15 bits per heavy atom. The van der Waals surface area contributed by atoms with Gasteiger partial charge in [0.2, 0.25) is 0 Å². The largest absolute Gasteiger partial charge is 0.396 e. The van der Waals surface area contributed by atoms with Gasteiger partial charge >= 0.3 is 0 Å². The van der Waals surface area contributed by atoms with Gasteiger partial charge in [-0.15, -0.1) is 0 Å². The van der Waals surface area contributed by atoms with Crippen LogP contribution in [0, 0.1) is 5.92 Å². The van der Waals surface area contributed by atoms with Gasteiger partial charge in [-0.05, 0) is 23.8 Å². The van der Waals surface area contributed by atoms with E-state index in [1.54, 1.807) is 6.21 Å². The minimum absolute atomic E-state index is 0.0792. The number of nitrogens with zero attached hydrogens (tertiary/aromatic N) is 2. The first-order valence-corrected chi connectivity index (χ1v) is 8.93. The fourth-order valence-electron chi connectivity index (χ4n) is 3.81. The van der Waals surface area contributed by atoms with E-state index in [-0.39, 0.29) is 12.5 Å². The van der Waals surface area contributed by atoms with Crippen LogP contribution in [0.4, 0.5) is 0 Å². The van der Waals surface area contributed by atoms with Crippen LogP contribution in [0.2, 0.25) is 0 Å². The fraction of sp³-hybridized carbons (Fsp3) is 0.273. The highest BCUT2D eigenvalue weighted by Gasteiger charge is 2.40. The predicted molar refractivity (Wildman–Crippen MR) is 106 cm³/mol. The van der Waals surface area contributed by atoms with E-state index in [2.05, 4.69) is 17.1 Å². The maximum Gasteiger partial charge on any atom is 0.109 e. The van der Waals surface area contributed by atoms with E-state index >= 15 is 0 Å². The van der Waals surface area contributed by atoms with Crippen LogP contribution in [0.3, 0.4) is 0 Å². The summed E-state index contributed by atoms with van der Waals surface area (Å²) in [7, 11) is 0. The summed E-state index contributed by atoms with van der Waals surface area (Å²) in [4.78, 5) is 9.40. The van der Waals surface area contributed by atoms with Crippen LogP contribution in [0.15, 0.2) is 65.7 Å². The molecule has 4 heteroatoms. The van der Waals surface area contributed by atoms with Crippen molar-refractivity contribution in [2.24, 2.45) is 10.9 Å². The lowest BCUT2D eigenvalue weighted by atomic mass is 9.79. The second-order valence-electron chi connectivity index (χ2n) is 7.03. The van der Waals surface area contributed by atoms with E-state index in [9.17, 15) is 10.2 Å². The lowest BCUT2D eigenvalue weighted by Gasteiger charge is -2.34. The van der Waals surface area contributed by atoms with Crippen molar-refractivity contribution in [3.8, 4) is 0 Å². The fourth-order valence-corrected chi connectivity index (χ4v) is 3.81. The SMILES string of the molecule is CC(CO)C(O)C1(Cc2c3ccccc3nc3ccccc23)C=CC=N1. The van der Waals surface area contributed by atoms with Crippen LogP contribution < -0.4 is 0 Å². The molecule has 0 radical (unpaired) electrons. The van der Waals surface area contributed by atoms with Gasteiger partial charge in [0.1, 0.15) is 5.54 Å². The maximum absolute atomic E-state index is 10.9. The van der Waals surface area contributed by atoms with E-state index in [1.807, 2.05) is 55.5 Å². The van der Waals surface area contributed by atoms with Gasteiger partial charge in [0.25, 0.3) is 0 Å². The number of aliphatic hydroxyl groups is 2. The van der Waals surface area contributed by atoms with Crippen molar-refractivity contribution in [1.29, 1.82) is 0 Å². The Labute approximate surface area is 152 Å². The highest BCUT2D eigenvalue weighted by Crippen LogP contribution is 2.35. The van der Waals surface area contributed by atoms with Gasteiger partial charge in [-0.25, -0.2) is 4.98 Å². The molecule has 3 unspecified atom stereocenters. The van der Waals surface area contributed by atoms with Crippen molar-refractivity contribution in [2.75, 3.05) is 6.61 Å². The minimum Gasteiger partial charge on any atom is -0.396 e. The Morgan fingerprint density at radius 2 is 1.62 bits per heavy atom. The van der Waals surface area contributed by atoms with E-state index in [0.717, 1.165) is 27.4 Å². The number of rotatable bonds is 5. The zero-order valence-corrected chi connectivity index (χ0v) is 14.7. The number of para-hydroxylation sites is 2. The number of fused-ring (bicyclic) bond motifs is 2.